The number of aromatic hydroxyl groups is 1. The second-order valence-corrected chi connectivity index (χ2v) is 9.35. The summed E-state index contributed by atoms with van der Waals surface area (Å²) in [6.07, 6.45) is 1.62. The highest BCUT2D eigenvalue weighted by molar-refractivity contribution is 6.53. The number of hydrogen-bond donors (Lipinski definition) is 2. The molecule has 1 aliphatic carbocycles. The van der Waals surface area contributed by atoms with Gasteiger partial charge in [0, 0.05) is 12.1 Å². The van der Waals surface area contributed by atoms with Crippen molar-refractivity contribution in [3.05, 3.63) is 75.3 Å². The summed E-state index contributed by atoms with van der Waals surface area (Å²) in [6, 6.07) is 12.1. The first-order valence-electron chi connectivity index (χ1n) is 11.8. The van der Waals surface area contributed by atoms with Crippen molar-refractivity contribution in [1.29, 1.82) is 0 Å². The van der Waals surface area contributed by atoms with Crippen LogP contribution < -0.4 is 4.90 Å². The highest BCUT2D eigenvalue weighted by Gasteiger charge is 2.58. The molecule has 2 aliphatic heterocycles. The molecular formula is C25H25BN2O7. The van der Waals surface area contributed by atoms with Crippen molar-refractivity contribution >= 4 is 30.3 Å². The minimum absolute atomic E-state index is 0.0686. The van der Waals surface area contributed by atoms with E-state index in [9.17, 15) is 29.8 Å². The number of nitro groups is 1. The first-order valence-corrected chi connectivity index (χ1v) is 11.8. The molecule has 2 fully saturated rings. The Morgan fingerprint density at radius 2 is 1.91 bits per heavy atom. The van der Waals surface area contributed by atoms with Gasteiger partial charge in [-0.3, -0.25) is 19.7 Å². The minimum Gasteiger partial charge on any atom is -0.508 e. The third kappa shape index (κ3) is 3.92. The molecule has 2 aromatic carbocycles. The van der Waals surface area contributed by atoms with Gasteiger partial charge >= 0.3 is 7.12 Å². The molecule has 4 atom stereocenters. The van der Waals surface area contributed by atoms with Gasteiger partial charge in [-0.05, 0) is 54.4 Å². The number of nitrogens with zero attached hydrogens (tertiary/aromatic N) is 2. The Morgan fingerprint density at radius 3 is 2.63 bits per heavy atom. The summed E-state index contributed by atoms with van der Waals surface area (Å²) in [5.41, 5.74) is 2.26. The number of phenolic OH excluding ortho intramolecular Hbond substituents is 1. The molecule has 0 aromatic heterocycles. The molecule has 0 radical (unpaired) electrons. The van der Waals surface area contributed by atoms with Crippen LogP contribution in [0.15, 0.2) is 59.6 Å². The van der Waals surface area contributed by atoms with Crippen molar-refractivity contribution in [2.24, 2.45) is 17.8 Å². The quantitative estimate of drug-likeness (QED) is 0.291. The maximum absolute atomic E-state index is 13.7. The third-order valence-electron chi connectivity index (χ3n) is 7.30. The number of fused-ring (bicyclic) bond motifs is 3. The molecule has 3 aliphatic rings. The summed E-state index contributed by atoms with van der Waals surface area (Å²) >= 11 is 0. The zero-order valence-electron chi connectivity index (χ0n) is 19.2. The van der Waals surface area contributed by atoms with E-state index in [1.165, 1.54) is 24.3 Å². The molecule has 2 heterocycles. The molecule has 0 unspecified atom stereocenters. The van der Waals surface area contributed by atoms with Crippen LogP contribution in [0, 0.1) is 27.9 Å². The predicted molar refractivity (Wildman–Crippen MR) is 127 cm³/mol. The number of amides is 2. The topological polar surface area (TPSA) is 130 Å². The lowest BCUT2D eigenvalue weighted by Crippen LogP contribution is -2.44. The molecule has 0 saturated carbocycles. The minimum atomic E-state index is -1.22. The second kappa shape index (κ2) is 8.94. The Balaban J connectivity index is 1.55. The normalized spacial score (nSPS) is 26.1. The van der Waals surface area contributed by atoms with Crippen LogP contribution in [0.25, 0.3) is 0 Å². The van der Waals surface area contributed by atoms with Gasteiger partial charge in [0.15, 0.2) is 0 Å². The summed E-state index contributed by atoms with van der Waals surface area (Å²) < 4.78 is 5.94. The Morgan fingerprint density at radius 1 is 1.14 bits per heavy atom. The largest absolute Gasteiger partial charge is 0.508 e. The molecule has 0 bridgehead atoms. The van der Waals surface area contributed by atoms with Crippen LogP contribution in [-0.4, -0.2) is 34.0 Å². The van der Waals surface area contributed by atoms with Gasteiger partial charge in [0.25, 0.3) is 5.69 Å². The molecule has 10 heteroatoms. The smallest absolute Gasteiger partial charge is 0.487 e. The van der Waals surface area contributed by atoms with Crippen molar-refractivity contribution in [1.82, 2.24) is 0 Å². The van der Waals surface area contributed by atoms with Crippen LogP contribution in [0.2, 0.25) is 0 Å². The number of carbonyl (C=O) groups excluding carboxylic acids is 2. The number of carbonyl (C=O) groups is 2. The molecule has 0 spiro atoms. The van der Waals surface area contributed by atoms with Gasteiger partial charge in [0.05, 0.1) is 28.6 Å². The number of rotatable bonds is 5. The van der Waals surface area contributed by atoms with Gasteiger partial charge in [-0.1, -0.05) is 37.1 Å². The fourth-order valence-corrected chi connectivity index (χ4v) is 5.89. The molecular weight excluding hydrogens is 451 g/mol. The number of benzene rings is 2. The molecule has 9 nitrogen and oxygen atoms in total. The number of nitro benzene ring substituents is 1. The number of phenols is 1. The second-order valence-electron chi connectivity index (χ2n) is 9.35. The standard InChI is InChI=1S/C25H25BN2O7/c1-2-5-15-11-20-22(25(31)27(24(20)30)16-7-4-8-17(12-16)28(33)34)19-13-21(35-26(32)23(15)19)14-6-3-9-18(29)10-14/h3-4,6-10,12,19-22,29,32H,2,5,11,13H2,1H3/t19-,20-,21-,22+/m0/s1. The van der Waals surface area contributed by atoms with Crippen LogP contribution >= 0.6 is 0 Å². The Labute approximate surface area is 202 Å². The van der Waals surface area contributed by atoms with E-state index in [-0.39, 0.29) is 23.0 Å². The third-order valence-corrected chi connectivity index (χ3v) is 7.30. The van der Waals surface area contributed by atoms with E-state index in [2.05, 4.69) is 0 Å². The van der Waals surface area contributed by atoms with Gasteiger partial charge < -0.3 is 14.8 Å². The van der Waals surface area contributed by atoms with Crippen molar-refractivity contribution in [3.63, 3.8) is 0 Å². The van der Waals surface area contributed by atoms with Crippen LogP contribution in [0.1, 0.15) is 44.3 Å². The van der Waals surface area contributed by atoms with E-state index in [0.717, 1.165) is 16.9 Å². The van der Waals surface area contributed by atoms with Crippen molar-refractivity contribution in [2.45, 2.75) is 38.7 Å². The maximum atomic E-state index is 13.7. The van der Waals surface area contributed by atoms with E-state index in [0.29, 0.717) is 30.3 Å². The van der Waals surface area contributed by atoms with Crippen LogP contribution in [0.4, 0.5) is 11.4 Å². The van der Waals surface area contributed by atoms with E-state index >= 15 is 0 Å². The van der Waals surface area contributed by atoms with E-state index in [1.807, 2.05) is 6.92 Å². The first-order chi connectivity index (χ1) is 16.8. The number of allylic oxidation sites excluding steroid dienone is 2. The van der Waals surface area contributed by atoms with E-state index < -0.39 is 41.8 Å². The molecule has 2 saturated heterocycles. The monoisotopic (exact) mass is 476 g/mol. The van der Waals surface area contributed by atoms with Crippen LogP contribution in [0.3, 0.4) is 0 Å². The summed E-state index contributed by atoms with van der Waals surface area (Å²) in [4.78, 5) is 39.0. The number of imide groups is 1. The summed E-state index contributed by atoms with van der Waals surface area (Å²) in [7, 11) is -1.22. The van der Waals surface area contributed by atoms with Gasteiger partial charge in [0.1, 0.15) is 5.75 Å². The number of anilines is 1. The van der Waals surface area contributed by atoms with Gasteiger partial charge in [-0.2, -0.15) is 0 Å². The first kappa shape index (κ1) is 23.3. The van der Waals surface area contributed by atoms with Crippen LogP contribution in [0.5, 0.6) is 5.75 Å². The lowest BCUT2D eigenvalue weighted by Gasteiger charge is -2.42. The molecule has 180 valence electrons. The maximum Gasteiger partial charge on any atom is 0.487 e. The Hall–Kier alpha value is -3.50. The van der Waals surface area contributed by atoms with Gasteiger partial charge in [0.2, 0.25) is 11.8 Å². The summed E-state index contributed by atoms with van der Waals surface area (Å²) in [5.74, 6) is -2.45. The zero-order chi connectivity index (χ0) is 24.9. The lowest BCUT2D eigenvalue weighted by atomic mass is 9.54. The van der Waals surface area contributed by atoms with Gasteiger partial charge in [-0.25, -0.2) is 4.90 Å². The summed E-state index contributed by atoms with van der Waals surface area (Å²) in [5, 5.41) is 32.2. The highest BCUT2D eigenvalue weighted by atomic mass is 16.6. The van der Waals surface area contributed by atoms with E-state index in [1.54, 1.807) is 24.3 Å². The average Bonchev–Trinajstić information content (AvgIpc) is 3.08. The van der Waals surface area contributed by atoms with Gasteiger partial charge in [-0.15, -0.1) is 0 Å². The van der Waals surface area contributed by atoms with Crippen molar-refractivity contribution < 1.29 is 29.3 Å². The SMILES string of the molecule is CCCC1=C2B(O)O[C@H](c3cccc(O)c3)C[C@H]2[C@H]2C(=O)N(c3cccc([N+](=O)[O-])c3)C(=O)[C@H]2C1. The Bertz CT molecular complexity index is 1250. The van der Waals surface area contributed by atoms with Crippen molar-refractivity contribution in [2.75, 3.05) is 4.90 Å². The fourth-order valence-electron chi connectivity index (χ4n) is 5.89. The number of non-ortho nitro benzene ring substituents is 1. The predicted octanol–water partition coefficient (Wildman–Crippen LogP) is 3.70. The Kier molecular flexibility index (Phi) is 5.94. The average molecular weight is 476 g/mol. The molecule has 5 rings (SSSR count). The zero-order valence-corrected chi connectivity index (χ0v) is 19.2. The molecule has 35 heavy (non-hydrogen) atoms. The molecule has 2 N–H and O–H groups in total. The molecule has 2 amide bonds. The lowest BCUT2D eigenvalue weighted by molar-refractivity contribution is -0.384. The van der Waals surface area contributed by atoms with Crippen LogP contribution in [-0.2, 0) is 14.2 Å². The highest BCUT2D eigenvalue weighted by Crippen LogP contribution is 2.52. The summed E-state index contributed by atoms with van der Waals surface area (Å²) in [6.45, 7) is 2.01. The number of hydrogen-bond acceptors (Lipinski definition) is 7. The molecule has 2 aromatic rings. The van der Waals surface area contributed by atoms with Crippen molar-refractivity contribution in [3.8, 4) is 5.75 Å². The fraction of sp³-hybridized carbons (Fsp3) is 0.360. The van der Waals surface area contributed by atoms with E-state index in [4.69, 9.17) is 4.65 Å².